The SMILES string of the molecule is CC(C)(C)c1ccc(C(O)CCCN2CCC(C(O)(c3ccccc3)c3ccccc3)C(O)(O)C2)cc1.Cl. The van der Waals surface area contributed by atoms with Crippen molar-refractivity contribution in [1.29, 1.82) is 0 Å². The Hall–Kier alpha value is -2.25. The predicted octanol–water partition coefficient (Wildman–Crippen LogP) is 5.16. The van der Waals surface area contributed by atoms with Gasteiger partial charge >= 0.3 is 0 Å². The van der Waals surface area contributed by atoms with Gasteiger partial charge in [0.1, 0.15) is 5.60 Å². The Morgan fingerprint density at radius 1 is 0.842 bits per heavy atom. The molecule has 1 saturated heterocycles. The van der Waals surface area contributed by atoms with Gasteiger partial charge in [-0.3, -0.25) is 4.90 Å². The molecule has 38 heavy (non-hydrogen) atoms. The number of hydrogen-bond donors (Lipinski definition) is 4. The van der Waals surface area contributed by atoms with Gasteiger partial charge in [-0.1, -0.05) is 106 Å². The molecule has 3 aromatic carbocycles. The number of halogens is 1. The van der Waals surface area contributed by atoms with Crippen molar-refractivity contribution in [2.45, 2.75) is 62.9 Å². The van der Waals surface area contributed by atoms with Crippen LogP contribution in [0.3, 0.4) is 0 Å². The van der Waals surface area contributed by atoms with Crippen molar-refractivity contribution < 1.29 is 20.4 Å². The summed E-state index contributed by atoms with van der Waals surface area (Å²) in [5, 5.41) is 45.3. The highest BCUT2D eigenvalue weighted by Crippen LogP contribution is 2.45. The van der Waals surface area contributed by atoms with Gasteiger partial charge in [0.05, 0.1) is 18.6 Å². The van der Waals surface area contributed by atoms with E-state index >= 15 is 0 Å². The minimum Gasteiger partial charge on any atom is -0.388 e. The first-order valence-corrected chi connectivity index (χ1v) is 13.3. The Morgan fingerprint density at radius 3 is 1.84 bits per heavy atom. The number of piperidine rings is 1. The summed E-state index contributed by atoms with van der Waals surface area (Å²) in [5.74, 6) is -2.88. The summed E-state index contributed by atoms with van der Waals surface area (Å²) < 4.78 is 0. The lowest BCUT2D eigenvalue weighted by Gasteiger charge is -2.49. The first-order chi connectivity index (χ1) is 17.5. The average molecular weight is 540 g/mol. The second kappa shape index (κ2) is 12.3. The highest BCUT2D eigenvalue weighted by molar-refractivity contribution is 5.85. The summed E-state index contributed by atoms with van der Waals surface area (Å²) in [5.41, 5.74) is 1.97. The van der Waals surface area contributed by atoms with Gasteiger partial charge in [0.15, 0.2) is 5.79 Å². The molecule has 0 spiro atoms. The Bertz CT molecular complexity index is 1090. The van der Waals surface area contributed by atoms with E-state index in [9.17, 15) is 20.4 Å². The summed E-state index contributed by atoms with van der Waals surface area (Å²) >= 11 is 0. The molecule has 4 N–H and O–H groups in total. The van der Waals surface area contributed by atoms with E-state index in [2.05, 4.69) is 32.9 Å². The second-order valence-electron chi connectivity index (χ2n) is 11.5. The van der Waals surface area contributed by atoms with Crippen molar-refractivity contribution in [2.75, 3.05) is 19.6 Å². The fourth-order valence-corrected chi connectivity index (χ4v) is 5.63. The van der Waals surface area contributed by atoms with Crippen molar-refractivity contribution >= 4 is 12.4 Å². The van der Waals surface area contributed by atoms with Crippen LogP contribution in [0.25, 0.3) is 0 Å². The highest BCUT2D eigenvalue weighted by Gasteiger charge is 2.53. The van der Waals surface area contributed by atoms with Gasteiger partial charge in [-0.25, -0.2) is 0 Å². The molecule has 0 saturated carbocycles. The Balaban J connectivity index is 0.00000400. The van der Waals surface area contributed by atoms with Crippen LogP contribution in [0.5, 0.6) is 0 Å². The number of likely N-dealkylation sites (tertiary alicyclic amines) is 1. The minimum atomic E-state index is -2.08. The quantitative estimate of drug-likeness (QED) is 0.297. The third kappa shape index (κ3) is 6.66. The predicted molar refractivity (Wildman–Crippen MR) is 154 cm³/mol. The average Bonchev–Trinajstić information content (AvgIpc) is 2.88. The van der Waals surface area contributed by atoms with Crippen molar-refractivity contribution in [3.05, 3.63) is 107 Å². The van der Waals surface area contributed by atoms with Gasteiger partial charge in [0.2, 0.25) is 0 Å². The molecule has 206 valence electrons. The summed E-state index contributed by atoms with van der Waals surface area (Å²) in [4.78, 5) is 2.02. The maximum absolute atomic E-state index is 12.1. The molecule has 2 unspecified atom stereocenters. The van der Waals surface area contributed by atoms with Crippen molar-refractivity contribution in [2.24, 2.45) is 5.92 Å². The molecule has 1 fully saturated rings. The fraction of sp³-hybridized carbons (Fsp3) is 0.438. The zero-order valence-corrected chi connectivity index (χ0v) is 23.4. The van der Waals surface area contributed by atoms with Crippen LogP contribution in [-0.4, -0.2) is 50.7 Å². The monoisotopic (exact) mass is 539 g/mol. The van der Waals surface area contributed by atoms with E-state index in [-0.39, 0.29) is 24.4 Å². The molecule has 6 heteroatoms. The van der Waals surface area contributed by atoms with E-state index in [0.29, 0.717) is 37.1 Å². The molecule has 4 rings (SSSR count). The van der Waals surface area contributed by atoms with Gasteiger partial charge in [0, 0.05) is 0 Å². The van der Waals surface area contributed by atoms with E-state index in [4.69, 9.17) is 0 Å². The Kier molecular flexibility index (Phi) is 9.80. The van der Waals surface area contributed by atoms with E-state index in [1.807, 2.05) is 77.7 Å². The lowest BCUT2D eigenvalue weighted by Crippen LogP contribution is -2.60. The molecule has 0 aromatic heterocycles. The van der Waals surface area contributed by atoms with Crippen LogP contribution in [0.15, 0.2) is 84.9 Å². The van der Waals surface area contributed by atoms with Crippen molar-refractivity contribution in [3.8, 4) is 0 Å². The molecule has 0 aliphatic carbocycles. The molecule has 1 aliphatic heterocycles. The zero-order chi connectivity index (χ0) is 26.7. The lowest BCUT2D eigenvalue weighted by atomic mass is 9.69. The summed E-state index contributed by atoms with van der Waals surface area (Å²) in [6, 6.07) is 26.7. The molecule has 2 atom stereocenters. The van der Waals surface area contributed by atoms with Crippen LogP contribution in [0.4, 0.5) is 0 Å². The first-order valence-electron chi connectivity index (χ1n) is 13.3. The summed E-state index contributed by atoms with van der Waals surface area (Å²) in [7, 11) is 0. The van der Waals surface area contributed by atoms with Crippen LogP contribution in [-0.2, 0) is 11.0 Å². The third-order valence-corrected chi connectivity index (χ3v) is 7.79. The van der Waals surface area contributed by atoms with Gasteiger partial charge in [0.25, 0.3) is 0 Å². The van der Waals surface area contributed by atoms with E-state index in [0.717, 1.165) is 12.0 Å². The van der Waals surface area contributed by atoms with Crippen LogP contribution in [0, 0.1) is 5.92 Å². The summed E-state index contributed by atoms with van der Waals surface area (Å²) in [6.45, 7) is 7.82. The fourth-order valence-electron chi connectivity index (χ4n) is 5.63. The Morgan fingerprint density at radius 2 is 1.37 bits per heavy atom. The van der Waals surface area contributed by atoms with E-state index < -0.39 is 23.4 Å². The van der Waals surface area contributed by atoms with E-state index in [1.54, 1.807) is 0 Å². The van der Waals surface area contributed by atoms with Crippen molar-refractivity contribution in [1.82, 2.24) is 4.90 Å². The standard InChI is InChI=1S/C32H41NO4.ClH/c1-30(2,3)25-18-16-24(17-19-25)28(34)15-10-21-33-22-20-29(31(35,36)23-33)32(37,26-11-6-4-7-12-26)27-13-8-5-9-14-27;/h4-9,11-14,16-19,28-29,34-37H,10,15,20-23H2,1-3H3;1H. The number of rotatable bonds is 8. The second-order valence-corrected chi connectivity index (χ2v) is 11.5. The smallest absolute Gasteiger partial charge is 0.182 e. The first kappa shape index (κ1) is 30.3. The maximum atomic E-state index is 12.1. The molecule has 0 radical (unpaired) electrons. The normalized spacial score (nSPS) is 19.0. The number of benzene rings is 3. The number of nitrogens with zero attached hydrogens (tertiary/aromatic N) is 1. The molecule has 1 aliphatic rings. The maximum Gasteiger partial charge on any atom is 0.182 e. The number of hydrogen-bond acceptors (Lipinski definition) is 5. The van der Waals surface area contributed by atoms with Crippen molar-refractivity contribution in [3.63, 3.8) is 0 Å². The largest absolute Gasteiger partial charge is 0.388 e. The Labute approximate surface area is 233 Å². The topological polar surface area (TPSA) is 84.2 Å². The molecular formula is C32H42ClNO4. The number of aliphatic hydroxyl groups excluding tert-OH is 1. The van der Waals surface area contributed by atoms with Gasteiger partial charge in [-0.2, -0.15) is 0 Å². The van der Waals surface area contributed by atoms with Crippen LogP contribution in [0.1, 0.15) is 68.4 Å². The zero-order valence-electron chi connectivity index (χ0n) is 22.6. The minimum absolute atomic E-state index is 0. The van der Waals surface area contributed by atoms with Crippen LogP contribution in [0.2, 0.25) is 0 Å². The van der Waals surface area contributed by atoms with Gasteiger partial charge in [-0.05, 0) is 60.0 Å². The summed E-state index contributed by atoms with van der Waals surface area (Å²) in [6.07, 6.45) is 1.19. The van der Waals surface area contributed by atoms with Gasteiger partial charge < -0.3 is 20.4 Å². The highest BCUT2D eigenvalue weighted by atomic mass is 35.5. The third-order valence-electron chi connectivity index (χ3n) is 7.79. The molecule has 1 heterocycles. The van der Waals surface area contributed by atoms with Crippen LogP contribution >= 0.6 is 12.4 Å². The molecule has 3 aromatic rings. The number of aliphatic hydroxyl groups is 4. The molecule has 5 nitrogen and oxygen atoms in total. The van der Waals surface area contributed by atoms with Crippen LogP contribution < -0.4 is 0 Å². The molecular weight excluding hydrogens is 498 g/mol. The van der Waals surface area contributed by atoms with E-state index in [1.165, 1.54) is 5.56 Å². The molecule has 0 bridgehead atoms. The lowest BCUT2D eigenvalue weighted by molar-refractivity contribution is -0.263. The number of β-amino-alcohol motifs (C(OH)–C–C–N with tert-alkyl or cyclic N) is 2. The molecule has 0 amide bonds. The van der Waals surface area contributed by atoms with Gasteiger partial charge in [-0.15, -0.1) is 12.4 Å².